The quantitative estimate of drug-likeness (QED) is 0.776. The molecule has 0 aromatic rings. The van der Waals surface area contributed by atoms with Gasteiger partial charge in [0.05, 0.1) is 19.3 Å². The maximum absolute atomic E-state index is 11.8. The van der Waals surface area contributed by atoms with Crippen molar-refractivity contribution in [1.82, 2.24) is 0 Å². The van der Waals surface area contributed by atoms with Crippen LogP contribution in [0.25, 0.3) is 0 Å². The molecule has 6 heteroatoms. The molecule has 2 fully saturated rings. The monoisotopic (exact) mass is 286 g/mol. The standard InChI is InChI=1S/C6H11FO.C5H8F2O2.C2H6/c7-5-6-3-1-2-4-8-6;6-4(7)5-8-2-1-3-9-5;1-2/h6H,1-5H2;4-5H,1-3H2;1-2H3. The highest BCUT2D eigenvalue weighted by Crippen LogP contribution is 2.12. The van der Waals surface area contributed by atoms with Gasteiger partial charge in [-0.2, -0.15) is 0 Å². The van der Waals surface area contributed by atoms with Crippen molar-refractivity contribution in [3.8, 4) is 0 Å². The van der Waals surface area contributed by atoms with Gasteiger partial charge >= 0.3 is 0 Å². The number of hydrogen-bond donors (Lipinski definition) is 0. The summed E-state index contributed by atoms with van der Waals surface area (Å²) < 4.78 is 49.3. The maximum Gasteiger partial charge on any atom is 0.288 e. The smallest absolute Gasteiger partial charge is 0.288 e. The second-order valence-electron chi connectivity index (χ2n) is 3.94. The summed E-state index contributed by atoms with van der Waals surface area (Å²) in [5.41, 5.74) is 0. The summed E-state index contributed by atoms with van der Waals surface area (Å²) in [6.07, 6.45) is -0.00190. The zero-order chi connectivity index (χ0) is 14.5. The van der Waals surface area contributed by atoms with E-state index in [0.717, 1.165) is 25.9 Å². The van der Waals surface area contributed by atoms with Crippen molar-refractivity contribution >= 4 is 0 Å². The highest BCUT2D eigenvalue weighted by Gasteiger charge is 2.23. The molecule has 0 bridgehead atoms. The SMILES string of the molecule is CC.FC(F)C1OCCCO1.FCC1CCCCO1. The third-order valence-corrected chi connectivity index (χ3v) is 2.50. The van der Waals surface area contributed by atoms with E-state index < -0.39 is 12.7 Å². The fourth-order valence-corrected chi connectivity index (χ4v) is 1.58. The molecule has 2 aliphatic rings. The van der Waals surface area contributed by atoms with Crippen LogP contribution in [0.5, 0.6) is 0 Å². The molecule has 116 valence electrons. The van der Waals surface area contributed by atoms with E-state index in [1.54, 1.807) is 0 Å². The van der Waals surface area contributed by atoms with E-state index in [1.165, 1.54) is 0 Å². The molecule has 1 atom stereocenters. The van der Waals surface area contributed by atoms with Crippen LogP contribution in [0.2, 0.25) is 0 Å². The number of halogens is 3. The molecular formula is C13H25F3O3. The highest BCUT2D eigenvalue weighted by atomic mass is 19.3. The second kappa shape index (κ2) is 12.7. The Hall–Kier alpha value is -0.330. The predicted molar refractivity (Wildman–Crippen MR) is 67.2 cm³/mol. The van der Waals surface area contributed by atoms with Crippen molar-refractivity contribution in [2.24, 2.45) is 0 Å². The Morgan fingerprint density at radius 2 is 1.53 bits per heavy atom. The lowest BCUT2D eigenvalue weighted by Crippen LogP contribution is -2.30. The van der Waals surface area contributed by atoms with Crippen LogP contribution in [0.15, 0.2) is 0 Å². The average molecular weight is 286 g/mol. The second-order valence-corrected chi connectivity index (χ2v) is 3.94. The summed E-state index contributed by atoms with van der Waals surface area (Å²) in [5, 5.41) is 0. The van der Waals surface area contributed by atoms with Gasteiger partial charge in [0.1, 0.15) is 6.67 Å². The molecule has 0 aromatic heterocycles. The number of rotatable bonds is 2. The van der Waals surface area contributed by atoms with Crippen LogP contribution in [-0.4, -0.2) is 45.3 Å². The molecule has 0 aliphatic carbocycles. The lowest BCUT2D eigenvalue weighted by Gasteiger charge is -2.21. The lowest BCUT2D eigenvalue weighted by atomic mass is 10.1. The third kappa shape index (κ3) is 9.24. The first-order chi connectivity index (χ1) is 9.24. The van der Waals surface area contributed by atoms with Crippen molar-refractivity contribution in [1.29, 1.82) is 0 Å². The van der Waals surface area contributed by atoms with E-state index in [9.17, 15) is 13.2 Å². The van der Waals surface area contributed by atoms with Crippen LogP contribution in [0.4, 0.5) is 13.2 Å². The van der Waals surface area contributed by atoms with Gasteiger partial charge in [0.15, 0.2) is 0 Å². The first-order valence-corrected chi connectivity index (χ1v) is 6.93. The van der Waals surface area contributed by atoms with Crippen molar-refractivity contribution in [2.75, 3.05) is 26.5 Å². The van der Waals surface area contributed by atoms with Gasteiger partial charge in [-0.1, -0.05) is 13.8 Å². The Morgan fingerprint density at radius 1 is 0.947 bits per heavy atom. The summed E-state index contributed by atoms with van der Waals surface area (Å²) >= 11 is 0. The van der Waals surface area contributed by atoms with E-state index in [4.69, 9.17) is 4.74 Å². The molecular weight excluding hydrogens is 261 g/mol. The largest absolute Gasteiger partial charge is 0.376 e. The Bertz CT molecular complexity index is 182. The Labute approximate surface area is 113 Å². The number of hydrogen-bond acceptors (Lipinski definition) is 3. The first-order valence-electron chi connectivity index (χ1n) is 6.93. The van der Waals surface area contributed by atoms with Gasteiger partial charge in [0.2, 0.25) is 6.29 Å². The molecule has 0 saturated carbocycles. The first kappa shape index (κ1) is 18.7. The maximum atomic E-state index is 11.8. The molecule has 0 amide bonds. The topological polar surface area (TPSA) is 27.7 Å². The number of ether oxygens (including phenoxy) is 3. The molecule has 1 unspecified atom stereocenters. The Kier molecular flexibility index (Phi) is 12.5. The van der Waals surface area contributed by atoms with Gasteiger partial charge in [-0.3, -0.25) is 0 Å². The van der Waals surface area contributed by atoms with Gasteiger partial charge in [0.25, 0.3) is 6.43 Å². The summed E-state index contributed by atoms with van der Waals surface area (Å²) in [6.45, 7) is 5.22. The molecule has 2 heterocycles. The van der Waals surface area contributed by atoms with Crippen LogP contribution >= 0.6 is 0 Å². The fraction of sp³-hybridized carbons (Fsp3) is 1.00. The third-order valence-electron chi connectivity index (χ3n) is 2.50. The van der Waals surface area contributed by atoms with Crippen LogP contribution in [-0.2, 0) is 14.2 Å². The molecule has 2 saturated heterocycles. The van der Waals surface area contributed by atoms with Crippen molar-refractivity contribution in [3.63, 3.8) is 0 Å². The summed E-state index contributed by atoms with van der Waals surface area (Å²) in [4.78, 5) is 0. The summed E-state index contributed by atoms with van der Waals surface area (Å²) in [5.74, 6) is 0. The molecule has 19 heavy (non-hydrogen) atoms. The van der Waals surface area contributed by atoms with E-state index in [0.29, 0.717) is 19.6 Å². The summed E-state index contributed by atoms with van der Waals surface area (Å²) in [6, 6.07) is 0. The molecule has 3 nitrogen and oxygen atoms in total. The van der Waals surface area contributed by atoms with Crippen molar-refractivity contribution in [2.45, 2.75) is 58.4 Å². The molecule has 0 spiro atoms. The molecule has 0 aromatic carbocycles. The Balaban J connectivity index is 0.000000303. The van der Waals surface area contributed by atoms with Crippen molar-refractivity contribution < 1.29 is 27.4 Å². The normalized spacial score (nSPS) is 24.0. The minimum atomic E-state index is -2.51. The average Bonchev–Trinajstić information content (AvgIpc) is 2.51. The zero-order valence-corrected chi connectivity index (χ0v) is 11.7. The number of alkyl halides is 3. The fourth-order valence-electron chi connectivity index (χ4n) is 1.58. The van der Waals surface area contributed by atoms with Crippen LogP contribution in [0.1, 0.15) is 39.5 Å². The zero-order valence-electron chi connectivity index (χ0n) is 11.7. The minimum Gasteiger partial charge on any atom is -0.376 e. The van der Waals surface area contributed by atoms with Crippen LogP contribution in [0, 0.1) is 0 Å². The van der Waals surface area contributed by atoms with Gasteiger partial charge in [-0.25, -0.2) is 13.2 Å². The molecule has 2 aliphatic heterocycles. The van der Waals surface area contributed by atoms with Gasteiger partial charge in [0, 0.05) is 6.61 Å². The summed E-state index contributed by atoms with van der Waals surface area (Å²) in [7, 11) is 0. The molecule has 0 N–H and O–H groups in total. The lowest BCUT2D eigenvalue weighted by molar-refractivity contribution is -0.232. The van der Waals surface area contributed by atoms with Crippen molar-refractivity contribution in [3.05, 3.63) is 0 Å². The van der Waals surface area contributed by atoms with Crippen LogP contribution < -0.4 is 0 Å². The molecule has 0 radical (unpaired) electrons. The highest BCUT2D eigenvalue weighted by molar-refractivity contribution is 4.60. The van der Waals surface area contributed by atoms with E-state index in [-0.39, 0.29) is 12.8 Å². The minimum absolute atomic E-state index is 0.0799. The van der Waals surface area contributed by atoms with Crippen LogP contribution in [0.3, 0.4) is 0 Å². The predicted octanol–water partition coefficient (Wildman–Crippen LogP) is 3.57. The van der Waals surface area contributed by atoms with Gasteiger partial charge in [-0.15, -0.1) is 0 Å². The van der Waals surface area contributed by atoms with Gasteiger partial charge in [-0.05, 0) is 25.7 Å². The van der Waals surface area contributed by atoms with E-state index >= 15 is 0 Å². The molecule has 2 rings (SSSR count). The Morgan fingerprint density at radius 3 is 1.84 bits per heavy atom. The van der Waals surface area contributed by atoms with E-state index in [1.807, 2.05) is 13.8 Å². The van der Waals surface area contributed by atoms with E-state index in [2.05, 4.69) is 9.47 Å². The van der Waals surface area contributed by atoms with Gasteiger partial charge < -0.3 is 14.2 Å².